The van der Waals surface area contributed by atoms with Crippen LogP contribution in [0.3, 0.4) is 0 Å². The van der Waals surface area contributed by atoms with E-state index in [0.29, 0.717) is 6.42 Å². The number of aliphatic hydroxyl groups is 1. The minimum absolute atomic E-state index is 0.111. The predicted octanol–water partition coefficient (Wildman–Crippen LogP) is 1.56. The second-order valence-corrected chi connectivity index (χ2v) is 4.51. The number of benzene rings is 1. The summed E-state index contributed by atoms with van der Waals surface area (Å²) in [6.45, 7) is 3.83. The smallest absolute Gasteiger partial charge is 0.123 e. The highest BCUT2D eigenvalue weighted by molar-refractivity contribution is 5.32. The summed E-state index contributed by atoms with van der Waals surface area (Å²) in [6.07, 6.45) is 0.376. The van der Waals surface area contributed by atoms with E-state index >= 15 is 0 Å². The Hall–Kier alpha value is -1.26. The van der Waals surface area contributed by atoms with Gasteiger partial charge in [0.15, 0.2) is 0 Å². The van der Waals surface area contributed by atoms with E-state index in [2.05, 4.69) is 0 Å². The van der Waals surface area contributed by atoms with Crippen molar-refractivity contribution in [3.63, 3.8) is 0 Å². The van der Waals surface area contributed by atoms with E-state index in [1.54, 1.807) is 14.0 Å². The molecule has 3 N–H and O–H groups in total. The molecule has 0 amide bonds. The van der Waals surface area contributed by atoms with Crippen LogP contribution in [0.2, 0.25) is 0 Å². The van der Waals surface area contributed by atoms with Gasteiger partial charge in [0.1, 0.15) is 11.5 Å². The number of rotatable bonds is 6. The maximum absolute atomic E-state index is 9.84. The van der Waals surface area contributed by atoms with Crippen LogP contribution >= 0.6 is 0 Å². The van der Waals surface area contributed by atoms with Gasteiger partial charge in [-0.25, -0.2) is 0 Å². The van der Waals surface area contributed by atoms with Crippen LogP contribution in [0.5, 0.6) is 11.5 Å². The van der Waals surface area contributed by atoms with Crippen LogP contribution in [0.25, 0.3) is 0 Å². The summed E-state index contributed by atoms with van der Waals surface area (Å²) in [5, 5.41) is 9.84. The zero-order valence-corrected chi connectivity index (χ0v) is 10.6. The van der Waals surface area contributed by atoms with Gasteiger partial charge in [0, 0.05) is 19.0 Å². The quantitative estimate of drug-likeness (QED) is 0.790. The van der Waals surface area contributed by atoms with Gasteiger partial charge in [-0.2, -0.15) is 0 Å². The molecular weight excluding hydrogens is 218 g/mol. The van der Waals surface area contributed by atoms with Crippen molar-refractivity contribution in [1.82, 2.24) is 0 Å². The number of ether oxygens (including phenoxy) is 2. The van der Waals surface area contributed by atoms with Gasteiger partial charge in [0.05, 0.1) is 18.8 Å². The second-order valence-electron chi connectivity index (χ2n) is 4.51. The molecule has 96 valence electrons. The molecule has 0 aliphatic rings. The standard InChI is InChI=1S/C13H21NO3/c1-10(8-13(2,15)9-14)17-12-6-4-5-11(7-12)16-3/h4-7,10,15H,8-9,14H2,1-3H3. The van der Waals surface area contributed by atoms with E-state index in [4.69, 9.17) is 15.2 Å². The average molecular weight is 239 g/mol. The van der Waals surface area contributed by atoms with Gasteiger partial charge in [-0.1, -0.05) is 6.07 Å². The van der Waals surface area contributed by atoms with Crippen LogP contribution in [0.4, 0.5) is 0 Å². The van der Waals surface area contributed by atoms with Crippen molar-refractivity contribution >= 4 is 0 Å². The first-order valence-corrected chi connectivity index (χ1v) is 5.70. The molecular formula is C13H21NO3. The molecule has 0 radical (unpaired) electrons. The molecule has 2 atom stereocenters. The molecule has 17 heavy (non-hydrogen) atoms. The summed E-state index contributed by atoms with van der Waals surface area (Å²) in [4.78, 5) is 0. The third kappa shape index (κ3) is 4.63. The molecule has 1 aromatic rings. The van der Waals surface area contributed by atoms with E-state index in [9.17, 15) is 5.11 Å². The van der Waals surface area contributed by atoms with E-state index in [-0.39, 0.29) is 12.6 Å². The van der Waals surface area contributed by atoms with Crippen molar-refractivity contribution in [3.05, 3.63) is 24.3 Å². The Balaban J connectivity index is 2.58. The van der Waals surface area contributed by atoms with Crippen LogP contribution in [0.15, 0.2) is 24.3 Å². The monoisotopic (exact) mass is 239 g/mol. The molecule has 2 unspecified atom stereocenters. The lowest BCUT2D eigenvalue weighted by Crippen LogP contribution is -2.38. The Labute approximate surface area is 102 Å². The average Bonchev–Trinajstić information content (AvgIpc) is 2.28. The van der Waals surface area contributed by atoms with Crippen molar-refractivity contribution in [3.8, 4) is 11.5 Å². The third-order valence-corrected chi connectivity index (χ3v) is 2.55. The molecule has 0 spiro atoms. The highest BCUT2D eigenvalue weighted by atomic mass is 16.5. The van der Waals surface area contributed by atoms with Gasteiger partial charge in [0.2, 0.25) is 0 Å². The SMILES string of the molecule is COc1cccc(OC(C)CC(C)(O)CN)c1. The van der Waals surface area contributed by atoms with E-state index in [1.807, 2.05) is 31.2 Å². The summed E-state index contributed by atoms with van der Waals surface area (Å²) < 4.78 is 10.8. The number of methoxy groups -OCH3 is 1. The first-order chi connectivity index (χ1) is 7.96. The molecule has 0 saturated carbocycles. The highest BCUT2D eigenvalue weighted by Crippen LogP contribution is 2.22. The molecule has 1 aromatic carbocycles. The summed E-state index contributed by atoms with van der Waals surface area (Å²) in [6, 6.07) is 7.39. The summed E-state index contributed by atoms with van der Waals surface area (Å²) in [5.74, 6) is 1.48. The summed E-state index contributed by atoms with van der Waals surface area (Å²) >= 11 is 0. The van der Waals surface area contributed by atoms with Crippen molar-refractivity contribution in [2.45, 2.75) is 32.0 Å². The largest absolute Gasteiger partial charge is 0.497 e. The Bertz CT molecular complexity index is 352. The zero-order valence-electron chi connectivity index (χ0n) is 10.6. The molecule has 1 rings (SSSR count). The molecule has 0 aliphatic carbocycles. The lowest BCUT2D eigenvalue weighted by molar-refractivity contribution is 0.0237. The van der Waals surface area contributed by atoms with Crippen LogP contribution in [0.1, 0.15) is 20.3 Å². The van der Waals surface area contributed by atoms with Crippen molar-refractivity contribution < 1.29 is 14.6 Å². The van der Waals surface area contributed by atoms with E-state index in [0.717, 1.165) is 11.5 Å². The summed E-state index contributed by atoms with van der Waals surface area (Å²) in [7, 11) is 1.61. The molecule has 0 aliphatic heterocycles. The van der Waals surface area contributed by atoms with E-state index < -0.39 is 5.60 Å². The first kappa shape index (κ1) is 13.8. The van der Waals surface area contributed by atoms with Gasteiger partial charge in [0.25, 0.3) is 0 Å². The maximum Gasteiger partial charge on any atom is 0.123 e. The zero-order chi connectivity index (χ0) is 12.9. The summed E-state index contributed by atoms with van der Waals surface area (Å²) in [5.41, 5.74) is 4.58. The minimum Gasteiger partial charge on any atom is -0.497 e. The Morgan fingerprint density at radius 2 is 2.06 bits per heavy atom. The normalized spacial score (nSPS) is 16.1. The molecule has 4 nitrogen and oxygen atoms in total. The topological polar surface area (TPSA) is 64.7 Å². The fraction of sp³-hybridized carbons (Fsp3) is 0.538. The van der Waals surface area contributed by atoms with E-state index in [1.165, 1.54) is 0 Å². The lowest BCUT2D eigenvalue weighted by atomic mass is 9.99. The molecule has 4 heteroatoms. The molecule has 0 fully saturated rings. The predicted molar refractivity (Wildman–Crippen MR) is 67.4 cm³/mol. The second kappa shape index (κ2) is 5.89. The van der Waals surface area contributed by atoms with Gasteiger partial charge in [-0.15, -0.1) is 0 Å². The minimum atomic E-state index is -0.891. The van der Waals surface area contributed by atoms with Crippen LogP contribution < -0.4 is 15.2 Å². The third-order valence-electron chi connectivity index (χ3n) is 2.55. The first-order valence-electron chi connectivity index (χ1n) is 5.70. The Kier molecular flexibility index (Phi) is 4.78. The van der Waals surface area contributed by atoms with Crippen molar-refractivity contribution in [2.75, 3.05) is 13.7 Å². The van der Waals surface area contributed by atoms with Gasteiger partial charge in [-0.3, -0.25) is 0 Å². The Morgan fingerprint density at radius 3 is 2.65 bits per heavy atom. The highest BCUT2D eigenvalue weighted by Gasteiger charge is 2.22. The molecule has 0 heterocycles. The van der Waals surface area contributed by atoms with Crippen molar-refractivity contribution in [1.29, 1.82) is 0 Å². The van der Waals surface area contributed by atoms with Crippen molar-refractivity contribution in [2.24, 2.45) is 5.73 Å². The van der Waals surface area contributed by atoms with Gasteiger partial charge >= 0.3 is 0 Å². The van der Waals surface area contributed by atoms with Gasteiger partial charge < -0.3 is 20.3 Å². The maximum atomic E-state index is 9.84. The number of hydrogen-bond donors (Lipinski definition) is 2. The van der Waals surface area contributed by atoms with Gasteiger partial charge in [-0.05, 0) is 26.0 Å². The fourth-order valence-electron chi connectivity index (χ4n) is 1.65. The lowest BCUT2D eigenvalue weighted by Gasteiger charge is -2.25. The van der Waals surface area contributed by atoms with Crippen LogP contribution in [0, 0.1) is 0 Å². The molecule has 0 aromatic heterocycles. The Morgan fingerprint density at radius 1 is 1.41 bits per heavy atom. The fourth-order valence-corrected chi connectivity index (χ4v) is 1.65. The number of nitrogens with two attached hydrogens (primary N) is 1. The molecule has 0 bridgehead atoms. The van der Waals surface area contributed by atoms with Crippen LogP contribution in [-0.2, 0) is 0 Å². The molecule has 0 saturated heterocycles. The van der Waals surface area contributed by atoms with Crippen LogP contribution in [-0.4, -0.2) is 30.5 Å². The number of hydrogen-bond acceptors (Lipinski definition) is 4.